The van der Waals surface area contributed by atoms with Crippen LogP contribution in [0.3, 0.4) is 0 Å². The van der Waals surface area contributed by atoms with Crippen LogP contribution < -0.4 is 26.0 Å². The zero-order valence-electron chi connectivity index (χ0n) is 16.7. The van der Waals surface area contributed by atoms with E-state index in [1.54, 1.807) is 6.07 Å². The molecule has 2 bridgehead atoms. The van der Waals surface area contributed by atoms with E-state index in [1.165, 1.54) is 12.1 Å². The summed E-state index contributed by atoms with van der Waals surface area (Å²) in [7, 11) is 0. The zero-order valence-corrected chi connectivity index (χ0v) is 17.4. The van der Waals surface area contributed by atoms with E-state index in [1.807, 2.05) is 6.92 Å². The Hall–Kier alpha value is -1.45. The molecule has 9 heteroatoms. The van der Waals surface area contributed by atoms with Crippen molar-refractivity contribution in [2.75, 3.05) is 13.2 Å². The van der Waals surface area contributed by atoms with Crippen LogP contribution in [0.25, 0.3) is 0 Å². The Morgan fingerprint density at radius 2 is 2.07 bits per heavy atom. The van der Waals surface area contributed by atoms with E-state index in [-0.39, 0.29) is 46.9 Å². The minimum Gasteiger partial charge on any atom is -0.484 e. The van der Waals surface area contributed by atoms with Crippen LogP contribution in [-0.4, -0.2) is 48.8 Å². The molecule has 0 radical (unpaired) electrons. The average molecular weight is 427 g/mol. The molecule has 4 N–H and O–H groups in total. The molecule has 3 unspecified atom stereocenters. The topological polar surface area (TPSA) is 83.7 Å². The Morgan fingerprint density at radius 1 is 1.31 bits per heavy atom. The molecule has 1 aromatic rings. The largest absolute Gasteiger partial charge is 0.484 e. The molecule has 0 aromatic heterocycles. The van der Waals surface area contributed by atoms with Gasteiger partial charge in [-0.05, 0) is 45.2 Å². The van der Waals surface area contributed by atoms with Gasteiger partial charge in [-0.2, -0.15) is 0 Å². The van der Waals surface area contributed by atoms with Gasteiger partial charge < -0.3 is 14.8 Å². The van der Waals surface area contributed by atoms with Crippen molar-refractivity contribution in [3.8, 4) is 5.75 Å². The third-order valence-electron chi connectivity index (χ3n) is 5.89. The maximum absolute atomic E-state index is 13.4. The molecule has 1 aromatic carbocycles. The van der Waals surface area contributed by atoms with Gasteiger partial charge >= 0.3 is 0 Å². The van der Waals surface area contributed by atoms with Gasteiger partial charge in [0, 0.05) is 36.2 Å². The first-order chi connectivity index (χ1) is 13.8. The number of carbonyl (C=O) groups excluding carboxylic acids is 1. The number of carbonyl (C=O) groups is 1. The predicted molar refractivity (Wildman–Crippen MR) is 107 cm³/mol. The first kappa shape index (κ1) is 20.8. The lowest BCUT2D eigenvalue weighted by Crippen LogP contribution is -2.86. The number of hydrogen-bond donors (Lipinski definition) is 4. The summed E-state index contributed by atoms with van der Waals surface area (Å²) in [6, 6.07) is 4.49. The van der Waals surface area contributed by atoms with Crippen LogP contribution in [0.2, 0.25) is 5.02 Å². The van der Waals surface area contributed by atoms with Crippen LogP contribution in [0.1, 0.15) is 39.5 Å². The van der Waals surface area contributed by atoms with Crippen molar-refractivity contribution in [1.29, 1.82) is 0 Å². The fourth-order valence-corrected chi connectivity index (χ4v) is 4.92. The van der Waals surface area contributed by atoms with Gasteiger partial charge in [-0.1, -0.05) is 11.6 Å². The van der Waals surface area contributed by atoms with Crippen molar-refractivity contribution < 1.29 is 18.7 Å². The third-order valence-corrected chi connectivity index (χ3v) is 6.19. The smallest absolute Gasteiger partial charge is 0.258 e. The minimum atomic E-state index is -0.567. The molecule has 3 aliphatic carbocycles. The Morgan fingerprint density at radius 3 is 2.76 bits per heavy atom. The summed E-state index contributed by atoms with van der Waals surface area (Å²) in [5, 5.41) is 13.7. The summed E-state index contributed by atoms with van der Waals surface area (Å²) < 4.78 is 24.5. The first-order valence-corrected chi connectivity index (χ1v) is 10.5. The van der Waals surface area contributed by atoms with Gasteiger partial charge in [0.2, 0.25) is 0 Å². The third kappa shape index (κ3) is 4.51. The molecule has 4 aliphatic rings. The number of amides is 1. The van der Waals surface area contributed by atoms with Crippen LogP contribution in [-0.2, 0) is 9.53 Å². The number of benzene rings is 1. The molecule has 1 saturated heterocycles. The Labute approximate surface area is 175 Å². The molecule has 3 saturated carbocycles. The van der Waals surface area contributed by atoms with E-state index >= 15 is 0 Å². The number of hydrogen-bond acceptors (Lipinski definition) is 6. The van der Waals surface area contributed by atoms with Crippen molar-refractivity contribution in [2.24, 2.45) is 0 Å². The van der Waals surface area contributed by atoms with E-state index in [0.717, 1.165) is 25.7 Å². The molecule has 1 heterocycles. The van der Waals surface area contributed by atoms with Gasteiger partial charge in [0.05, 0.1) is 5.02 Å². The van der Waals surface area contributed by atoms with E-state index < -0.39 is 5.82 Å². The molecule has 29 heavy (non-hydrogen) atoms. The molecule has 3 atom stereocenters. The highest BCUT2D eigenvalue weighted by Crippen LogP contribution is 2.60. The van der Waals surface area contributed by atoms with Crippen molar-refractivity contribution in [2.45, 2.75) is 69.2 Å². The molecule has 5 rings (SSSR count). The second-order valence-corrected chi connectivity index (χ2v) is 8.90. The summed E-state index contributed by atoms with van der Waals surface area (Å²) in [5.74, 6) is -0.486. The normalized spacial score (nSPS) is 35.4. The second kappa shape index (κ2) is 8.00. The maximum Gasteiger partial charge on any atom is 0.258 e. The summed E-state index contributed by atoms with van der Waals surface area (Å²) in [6.07, 6.45) is 3.62. The summed E-state index contributed by atoms with van der Waals surface area (Å²) in [5.41, 5.74) is -0.107. The standard InChI is InChI=1S/C20H28ClFN4O3/c1-3-28-17-6-12(2)23-18(24-17)26-20-9-19(10-20,11-20)25-16(27)8-29-13-4-5-14(21)15(22)7-13/h4-5,7,12,17-18,23-24,26H,3,6,8-11H2,1-2H3,(H,25,27). The summed E-state index contributed by atoms with van der Waals surface area (Å²) >= 11 is 5.64. The lowest BCUT2D eigenvalue weighted by Gasteiger charge is -2.71. The van der Waals surface area contributed by atoms with Crippen LogP contribution in [0, 0.1) is 5.82 Å². The Kier molecular flexibility index (Phi) is 5.74. The SMILES string of the molecule is CCOC1CC(C)NC(NC23CC(NC(=O)COc4ccc(Cl)c(F)c4)(C2)C3)N1. The average Bonchev–Trinajstić information content (AvgIpc) is 2.60. The van der Waals surface area contributed by atoms with Crippen molar-refractivity contribution >= 4 is 17.5 Å². The highest BCUT2D eigenvalue weighted by molar-refractivity contribution is 6.30. The van der Waals surface area contributed by atoms with Gasteiger partial charge in [0.1, 0.15) is 24.1 Å². The van der Waals surface area contributed by atoms with Crippen molar-refractivity contribution in [1.82, 2.24) is 21.3 Å². The molecule has 160 valence electrons. The predicted octanol–water partition coefficient (Wildman–Crippen LogP) is 1.86. The van der Waals surface area contributed by atoms with Gasteiger partial charge in [-0.25, -0.2) is 4.39 Å². The number of ether oxygens (including phenoxy) is 2. The minimum absolute atomic E-state index is 0.00700. The van der Waals surface area contributed by atoms with Crippen molar-refractivity contribution in [3.63, 3.8) is 0 Å². The Bertz CT molecular complexity index is 760. The summed E-state index contributed by atoms with van der Waals surface area (Å²) in [6.45, 7) is 4.68. The molecule has 7 nitrogen and oxygen atoms in total. The maximum atomic E-state index is 13.4. The van der Waals surface area contributed by atoms with E-state index in [4.69, 9.17) is 21.1 Å². The Balaban J connectivity index is 1.20. The lowest BCUT2D eigenvalue weighted by molar-refractivity contribution is -0.148. The lowest BCUT2D eigenvalue weighted by atomic mass is 9.44. The van der Waals surface area contributed by atoms with Crippen LogP contribution in [0.15, 0.2) is 18.2 Å². The van der Waals surface area contributed by atoms with Crippen LogP contribution in [0.4, 0.5) is 4.39 Å². The fraction of sp³-hybridized carbons (Fsp3) is 0.650. The highest BCUT2D eigenvalue weighted by atomic mass is 35.5. The first-order valence-electron chi connectivity index (χ1n) is 10.1. The van der Waals surface area contributed by atoms with E-state index in [0.29, 0.717) is 12.6 Å². The molecular formula is C20H28ClFN4O3. The van der Waals surface area contributed by atoms with E-state index in [9.17, 15) is 9.18 Å². The zero-order chi connectivity index (χ0) is 20.6. The van der Waals surface area contributed by atoms with E-state index in [2.05, 4.69) is 28.2 Å². The highest BCUT2D eigenvalue weighted by Gasteiger charge is 2.69. The number of nitrogens with one attached hydrogen (secondary N) is 4. The second-order valence-electron chi connectivity index (χ2n) is 8.50. The van der Waals surface area contributed by atoms with Gasteiger partial charge in [0.15, 0.2) is 6.61 Å². The van der Waals surface area contributed by atoms with Gasteiger partial charge in [-0.3, -0.25) is 20.7 Å². The van der Waals surface area contributed by atoms with Crippen molar-refractivity contribution in [3.05, 3.63) is 29.0 Å². The monoisotopic (exact) mass is 426 g/mol. The van der Waals surface area contributed by atoms with Crippen LogP contribution >= 0.6 is 11.6 Å². The quantitative estimate of drug-likeness (QED) is 0.508. The molecule has 0 spiro atoms. The summed E-state index contributed by atoms with van der Waals surface area (Å²) in [4.78, 5) is 12.2. The molecule has 4 fully saturated rings. The van der Waals surface area contributed by atoms with Crippen LogP contribution in [0.5, 0.6) is 5.75 Å². The fourth-order valence-electron chi connectivity index (χ4n) is 4.80. The van der Waals surface area contributed by atoms with Gasteiger partial charge in [0.25, 0.3) is 5.91 Å². The number of halogens is 2. The molecule has 1 aliphatic heterocycles. The molecule has 1 amide bonds. The van der Waals surface area contributed by atoms with Gasteiger partial charge in [-0.15, -0.1) is 0 Å². The molecular weight excluding hydrogens is 399 g/mol. The number of rotatable bonds is 8.